The van der Waals surface area contributed by atoms with Crippen molar-refractivity contribution in [1.29, 1.82) is 0 Å². The fraction of sp³-hybridized carbons (Fsp3) is 0.462. The van der Waals surface area contributed by atoms with Crippen molar-refractivity contribution in [3.8, 4) is 11.4 Å². The van der Waals surface area contributed by atoms with Crippen LogP contribution in [0.3, 0.4) is 0 Å². The number of nitrogen functional groups attached to an aromatic ring is 1. The molecule has 2 heterocycles. The van der Waals surface area contributed by atoms with Gasteiger partial charge in [-0.15, -0.1) is 5.10 Å². The molecule has 1 saturated heterocycles. The highest BCUT2D eigenvalue weighted by Gasteiger charge is 2.27. The van der Waals surface area contributed by atoms with E-state index in [0.29, 0.717) is 29.6 Å². The van der Waals surface area contributed by atoms with Gasteiger partial charge in [0.1, 0.15) is 5.82 Å². The van der Waals surface area contributed by atoms with Gasteiger partial charge in [0.05, 0.1) is 12.6 Å². The zero-order chi connectivity index (χ0) is 14.1. The van der Waals surface area contributed by atoms with Crippen molar-refractivity contribution in [1.82, 2.24) is 20.2 Å². The average Bonchev–Trinajstić information content (AvgIpc) is 3.11. The molecule has 20 heavy (non-hydrogen) atoms. The molecule has 1 aliphatic rings. The molecule has 0 aliphatic carbocycles. The van der Waals surface area contributed by atoms with Crippen molar-refractivity contribution in [2.45, 2.75) is 19.4 Å². The van der Waals surface area contributed by atoms with Crippen molar-refractivity contribution in [3.63, 3.8) is 0 Å². The third-order valence-electron chi connectivity index (χ3n) is 3.78. The highest BCUT2D eigenvalue weighted by molar-refractivity contribution is 5.71. The monoisotopic (exact) mass is 277 g/mol. The highest BCUT2D eigenvalue weighted by Crippen LogP contribution is 2.31. The summed E-state index contributed by atoms with van der Waals surface area (Å²) >= 11 is 0. The Bertz CT molecular complexity index is 609. The van der Waals surface area contributed by atoms with Crippen LogP contribution in [0.15, 0.2) is 18.2 Å². The van der Waals surface area contributed by atoms with Gasteiger partial charge in [-0.3, -0.25) is 0 Å². The number of tetrazole rings is 1. The second-order valence-corrected chi connectivity index (χ2v) is 5.04. The van der Waals surface area contributed by atoms with E-state index < -0.39 is 0 Å². The van der Waals surface area contributed by atoms with Crippen molar-refractivity contribution in [2.24, 2.45) is 5.92 Å². The summed E-state index contributed by atoms with van der Waals surface area (Å²) in [5, 5.41) is 11.7. The Balaban J connectivity index is 1.99. The lowest BCUT2D eigenvalue weighted by molar-refractivity contribution is 0.173. The summed E-state index contributed by atoms with van der Waals surface area (Å²) in [5.74, 6) is 0.481. The summed E-state index contributed by atoms with van der Waals surface area (Å²) in [6.07, 6.45) is 0.971. The number of rotatable bonds is 3. The molecule has 2 aromatic rings. The number of aromatic nitrogens is 4. The van der Waals surface area contributed by atoms with Gasteiger partial charge in [0, 0.05) is 23.8 Å². The van der Waals surface area contributed by atoms with Gasteiger partial charge in [0.2, 0.25) is 0 Å². The Morgan fingerprint density at radius 2 is 2.35 bits per heavy atom. The maximum absolute atomic E-state index is 13.4. The van der Waals surface area contributed by atoms with Gasteiger partial charge < -0.3 is 10.5 Å². The number of hydrogen-bond donors (Lipinski definition) is 1. The molecule has 1 fully saturated rings. The summed E-state index contributed by atoms with van der Waals surface area (Å²) in [4.78, 5) is 0. The van der Waals surface area contributed by atoms with E-state index in [9.17, 15) is 4.39 Å². The Morgan fingerprint density at radius 3 is 3.10 bits per heavy atom. The molecule has 6 nitrogen and oxygen atoms in total. The van der Waals surface area contributed by atoms with Gasteiger partial charge in [0.25, 0.3) is 0 Å². The molecule has 1 aromatic heterocycles. The van der Waals surface area contributed by atoms with E-state index >= 15 is 0 Å². The Morgan fingerprint density at radius 1 is 1.50 bits per heavy atom. The maximum atomic E-state index is 13.4. The number of ether oxygens (including phenoxy) is 1. The average molecular weight is 277 g/mol. The van der Waals surface area contributed by atoms with Crippen LogP contribution in [0.2, 0.25) is 0 Å². The van der Waals surface area contributed by atoms with E-state index in [2.05, 4.69) is 15.5 Å². The lowest BCUT2D eigenvalue weighted by Gasteiger charge is -2.19. The van der Waals surface area contributed by atoms with E-state index in [1.807, 2.05) is 6.92 Å². The topological polar surface area (TPSA) is 78.8 Å². The minimum Gasteiger partial charge on any atom is -0.398 e. The lowest BCUT2D eigenvalue weighted by atomic mass is 10.0. The predicted octanol–water partition coefficient (Wildman–Crippen LogP) is 1.66. The fourth-order valence-electron chi connectivity index (χ4n) is 2.50. The molecule has 7 heteroatoms. The Kier molecular flexibility index (Phi) is 3.35. The predicted molar refractivity (Wildman–Crippen MR) is 71.3 cm³/mol. The number of benzene rings is 1. The molecule has 2 atom stereocenters. The third kappa shape index (κ3) is 2.24. The van der Waals surface area contributed by atoms with Gasteiger partial charge in [-0.05, 0) is 42.0 Å². The van der Waals surface area contributed by atoms with Crippen LogP contribution in [0.25, 0.3) is 11.4 Å². The molecule has 0 radical (unpaired) electrons. The van der Waals surface area contributed by atoms with E-state index in [0.717, 1.165) is 13.0 Å². The second-order valence-electron chi connectivity index (χ2n) is 5.04. The molecule has 1 aliphatic heterocycles. The first-order chi connectivity index (χ1) is 9.66. The molecular formula is C13H16FN5O. The highest BCUT2D eigenvalue weighted by atomic mass is 19.1. The summed E-state index contributed by atoms with van der Waals surface area (Å²) in [5.41, 5.74) is 6.87. The van der Waals surface area contributed by atoms with Crippen LogP contribution in [0.4, 0.5) is 10.1 Å². The molecule has 106 valence electrons. The van der Waals surface area contributed by atoms with Gasteiger partial charge >= 0.3 is 0 Å². The second kappa shape index (κ2) is 5.16. The van der Waals surface area contributed by atoms with Crippen molar-refractivity contribution in [2.75, 3.05) is 18.9 Å². The van der Waals surface area contributed by atoms with Crippen LogP contribution in [0, 0.1) is 11.7 Å². The third-order valence-corrected chi connectivity index (χ3v) is 3.78. The summed E-state index contributed by atoms with van der Waals surface area (Å²) < 4.78 is 20.5. The van der Waals surface area contributed by atoms with Crippen molar-refractivity contribution < 1.29 is 9.13 Å². The minimum absolute atomic E-state index is 0.0742. The number of anilines is 1. The maximum Gasteiger partial charge on any atom is 0.184 e. The van der Waals surface area contributed by atoms with E-state index in [1.54, 1.807) is 4.68 Å². The first kappa shape index (κ1) is 13.0. The smallest absolute Gasteiger partial charge is 0.184 e. The lowest BCUT2D eigenvalue weighted by Crippen LogP contribution is -2.19. The van der Waals surface area contributed by atoms with Gasteiger partial charge in [-0.1, -0.05) is 0 Å². The van der Waals surface area contributed by atoms with Crippen LogP contribution >= 0.6 is 0 Å². The quantitative estimate of drug-likeness (QED) is 0.863. The molecule has 0 saturated carbocycles. The van der Waals surface area contributed by atoms with Gasteiger partial charge in [-0.2, -0.15) is 0 Å². The number of nitrogens with zero attached hydrogens (tertiary/aromatic N) is 4. The fourth-order valence-corrected chi connectivity index (χ4v) is 2.50. The Labute approximate surface area is 115 Å². The van der Waals surface area contributed by atoms with Crippen molar-refractivity contribution >= 4 is 5.69 Å². The number of hydrogen-bond acceptors (Lipinski definition) is 5. The zero-order valence-electron chi connectivity index (χ0n) is 11.2. The molecular weight excluding hydrogens is 261 g/mol. The SMILES string of the molecule is CC(C1CCOC1)n1nnnc1-c1cc(F)ccc1N. The van der Waals surface area contributed by atoms with Gasteiger partial charge in [0.15, 0.2) is 5.82 Å². The van der Waals surface area contributed by atoms with Gasteiger partial charge in [-0.25, -0.2) is 9.07 Å². The number of halogens is 1. The number of nitrogens with two attached hydrogens (primary N) is 1. The molecule has 0 spiro atoms. The summed E-state index contributed by atoms with van der Waals surface area (Å²) in [6.45, 7) is 3.49. The molecule has 2 N–H and O–H groups in total. The van der Waals surface area contributed by atoms with Crippen LogP contribution in [-0.4, -0.2) is 33.4 Å². The normalized spacial score (nSPS) is 20.2. The summed E-state index contributed by atoms with van der Waals surface area (Å²) in [7, 11) is 0. The largest absolute Gasteiger partial charge is 0.398 e. The standard InChI is InChI=1S/C13H16FN5O/c1-8(9-4-5-20-7-9)19-13(16-17-18-19)11-6-10(14)2-3-12(11)15/h2-3,6,8-9H,4-5,7,15H2,1H3. The molecule has 3 rings (SSSR count). The first-order valence-corrected chi connectivity index (χ1v) is 6.58. The van der Waals surface area contributed by atoms with Crippen LogP contribution in [-0.2, 0) is 4.74 Å². The minimum atomic E-state index is -0.361. The molecule has 0 bridgehead atoms. The van der Waals surface area contributed by atoms with Crippen LogP contribution in [0.5, 0.6) is 0 Å². The summed E-state index contributed by atoms with van der Waals surface area (Å²) in [6, 6.07) is 4.27. The molecule has 2 unspecified atom stereocenters. The van der Waals surface area contributed by atoms with Crippen molar-refractivity contribution in [3.05, 3.63) is 24.0 Å². The molecule has 0 amide bonds. The first-order valence-electron chi connectivity index (χ1n) is 6.58. The van der Waals surface area contributed by atoms with E-state index in [4.69, 9.17) is 10.5 Å². The van der Waals surface area contributed by atoms with Crippen LogP contribution < -0.4 is 5.73 Å². The van der Waals surface area contributed by atoms with E-state index in [1.165, 1.54) is 18.2 Å². The van der Waals surface area contributed by atoms with E-state index in [-0.39, 0.29) is 11.9 Å². The van der Waals surface area contributed by atoms with Crippen LogP contribution in [0.1, 0.15) is 19.4 Å². The zero-order valence-corrected chi connectivity index (χ0v) is 11.2. The Hall–Kier alpha value is -2.02. The molecule has 1 aromatic carbocycles.